The molecule has 2 unspecified atom stereocenters. The lowest BCUT2D eigenvalue weighted by Crippen LogP contribution is -2.52. The minimum absolute atomic E-state index is 0.395. The average molecular weight is 212 g/mol. The molecule has 2 rings (SSSR count). The maximum atomic E-state index is 6.21. The molecule has 1 saturated carbocycles. The second-order valence-electron chi connectivity index (χ2n) is 5.02. The third kappa shape index (κ3) is 2.71. The van der Waals surface area contributed by atoms with Gasteiger partial charge in [-0.05, 0) is 32.7 Å². The molecule has 2 N–H and O–H groups in total. The van der Waals surface area contributed by atoms with Gasteiger partial charge in [0.05, 0.1) is 0 Å². The van der Waals surface area contributed by atoms with Crippen LogP contribution in [0.25, 0.3) is 0 Å². The minimum atomic E-state index is 0.395. The van der Waals surface area contributed by atoms with Crippen molar-refractivity contribution in [3.8, 4) is 0 Å². The Balaban J connectivity index is 1.89. The van der Waals surface area contributed by atoms with Crippen LogP contribution in [0.3, 0.4) is 0 Å². The van der Waals surface area contributed by atoms with Gasteiger partial charge in [-0.15, -0.1) is 0 Å². The predicted octanol–water partition coefficient (Wildman–Crippen LogP) is 1.37. The molecule has 0 bridgehead atoms. The van der Waals surface area contributed by atoms with Crippen molar-refractivity contribution in [3.05, 3.63) is 0 Å². The number of nitrogens with zero attached hydrogens (tertiary/aromatic N) is 1. The largest absolute Gasteiger partial charge is 0.381 e. The zero-order chi connectivity index (χ0) is 10.7. The standard InChI is InChI=1S/C12H24N2O/c1-14(10-6-8-15-9-7-10)12-5-3-2-4-11(12)13/h10-12H,2-9,13H2,1H3. The molecular formula is C12H24N2O. The Labute approximate surface area is 93.0 Å². The first-order valence-electron chi connectivity index (χ1n) is 6.34. The lowest BCUT2D eigenvalue weighted by atomic mass is 9.88. The Kier molecular flexibility index (Phi) is 4.00. The Morgan fingerprint density at radius 2 is 1.73 bits per heavy atom. The molecule has 3 nitrogen and oxygen atoms in total. The molecule has 2 aliphatic rings. The molecule has 2 fully saturated rings. The molecule has 0 amide bonds. The average Bonchev–Trinajstić information content (AvgIpc) is 2.30. The van der Waals surface area contributed by atoms with E-state index in [0.29, 0.717) is 18.1 Å². The van der Waals surface area contributed by atoms with Gasteiger partial charge >= 0.3 is 0 Å². The molecule has 1 aliphatic heterocycles. The van der Waals surface area contributed by atoms with Crippen molar-refractivity contribution >= 4 is 0 Å². The molecule has 3 heteroatoms. The highest BCUT2D eigenvalue weighted by atomic mass is 16.5. The van der Waals surface area contributed by atoms with Gasteiger partial charge in [0, 0.05) is 31.3 Å². The molecule has 0 aromatic heterocycles. The predicted molar refractivity (Wildman–Crippen MR) is 61.8 cm³/mol. The number of likely N-dealkylation sites (N-methyl/N-ethyl adjacent to an activating group) is 1. The summed E-state index contributed by atoms with van der Waals surface area (Å²) in [4.78, 5) is 2.53. The van der Waals surface area contributed by atoms with Gasteiger partial charge in [-0.3, -0.25) is 4.90 Å². The molecular weight excluding hydrogens is 188 g/mol. The van der Waals surface area contributed by atoms with Crippen LogP contribution in [0.4, 0.5) is 0 Å². The Bertz CT molecular complexity index is 192. The van der Waals surface area contributed by atoms with E-state index in [9.17, 15) is 0 Å². The van der Waals surface area contributed by atoms with Gasteiger partial charge in [0.2, 0.25) is 0 Å². The molecule has 0 aromatic carbocycles. The molecule has 0 spiro atoms. The molecule has 1 aliphatic carbocycles. The quantitative estimate of drug-likeness (QED) is 0.751. The molecule has 15 heavy (non-hydrogen) atoms. The fourth-order valence-electron chi connectivity index (χ4n) is 3.01. The second-order valence-corrected chi connectivity index (χ2v) is 5.02. The van der Waals surface area contributed by atoms with Crippen molar-refractivity contribution in [2.75, 3.05) is 20.3 Å². The van der Waals surface area contributed by atoms with E-state index in [2.05, 4.69) is 11.9 Å². The minimum Gasteiger partial charge on any atom is -0.381 e. The van der Waals surface area contributed by atoms with Crippen LogP contribution in [-0.2, 0) is 4.74 Å². The first-order valence-corrected chi connectivity index (χ1v) is 6.34. The van der Waals surface area contributed by atoms with Gasteiger partial charge < -0.3 is 10.5 Å². The van der Waals surface area contributed by atoms with Crippen LogP contribution in [0.5, 0.6) is 0 Å². The zero-order valence-corrected chi connectivity index (χ0v) is 9.82. The first kappa shape index (κ1) is 11.4. The zero-order valence-electron chi connectivity index (χ0n) is 9.82. The fourth-order valence-corrected chi connectivity index (χ4v) is 3.01. The number of ether oxygens (including phenoxy) is 1. The lowest BCUT2D eigenvalue weighted by molar-refractivity contribution is 0.0179. The van der Waals surface area contributed by atoms with Crippen molar-refractivity contribution in [2.45, 2.75) is 56.7 Å². The van der Waals surface area contributed by atoms with Crippen LogP contribution >= 0.6 is 0 Å². The third-order valence-corrected chi connectivity index (χ3v) is 4.07. The molecule has 88 valence electrons. The van der Waals surface area contributed by atoms with Crippen molar-refractivity contribution in [1.29, 1.82) is 0 Å². The highest BCUT2D eigenvalue weighted by Gasteiger charge is 2.30. The van der Waals surface area contributed by atoms with Crippen molar-refractivity contribution in [1.82, 2.24) is 4.90 Å². The van der Waals surface area contributed by atoms with E-state index in [-0.39, 0.29) is 0 Å². The van der Waals surface area contributed by atoms with Gasteiger partial charge in [-0.1, -0.05) is 12.8 Å². The summed E-state index contributed by atoms with van der Waals surface area (Å²) < 4.78 is 5.41. The SMILES string of the molecule is CN(C1CCOCC1)C1CCCCC1N. The summed E-state index contributed by atoms with van der Waals surface area (Å²) in [5.41, 5.74) is 6.21. The summed E-state index contributed by atoms with van der Waals surface area (Å²) in [5, 5.41) is 0. The lowest BCUT2D eigenvalue weighted by Gasteiger charge is -2.41. The van der Waals surface area contributed by atoms with Crippen molar-refractivity contribution in [3.63, 3.8) is 0 Å². The van der Waals surface area contributed by atoms with E-state index in [0.717, 1.165) is 13.2 Å². The first-order chi connectivity index (χ1) is 7.29. The molecule has 1 saturated heterocycles. The van der Waals surface area contributed by atoms with E-state index in [1.807, 2.05) is 0 Å². The van der Waals surface area contributed by atoms with Gasteiger partial charge in [-0.25, -0.2) is 0 Å². The van der Waals surface area contributed by atoms with Crippen LogP contribution in [-0.4, -0.2) is 43.3 Å². The topological polar surface area (TPSA) is 38.5 Å². The Morgan fingerprint density at radius 1 is 1.07 bits per heavy atom. The number of hydrogen-bond acceptors (Lipinski definition) is 3. The maximum absolute atomic E-state index is 6.21. The summed E-state index contributed by atoms with van der Waals surface area (Å²) >= 11 is 0. The Morgan fingerprint density at radius 3 is 2.40 bits per heavy atom. The third-order valence-electron chi connectivity index (χ3n) is 4.07. The summed E-state index contributed by atoms with van der Waals surface area (Å²) in [5.74, 6) is 0. The van der Waals surface area contributed by atoms with Gasteiger partial charge in [0.25, 0.3) is 0 Å². The second kappa shape index (κ2) is 5.28. The van der Waals surface area contributed by atoms with Gasteiger partial charge in [-0.2, -0.15) is 0 Å². The summed E-state index contributed by atoms with van der Waals surface area (Å²) in [7, 11) is 2.26. The fraction of sp³-hybridized carbons (Fsp3) is 1.00. The maximum Gasteiger partial charge on any atom is 0.0480 e. The molecule has 0 radical (unpaired) electrons. The van der Waals surface area contributed by atoms with Gasteiger partial charge in [0.1, 0.15) is 0 Å². The van der Waals surface area contributed by atoms with Crippen LogP contribution in [0.2, 0.25) is 0 Å². The summed E-state index contributed by atoms with van der Waals surface area (Å²) in [6.45, 7) is 1.86. The van der Waals surface area contributed by atoms with E-state index >= 15 is 0 Å². The highest BCUT2D eigenvalue weighted by molar-refractivity contribution is 4.88. The van der Waals surface area contributed by atoms with Crippen LogP contribution in [0.1, 0.15) is 38.5 Å². The summed E-state index contributed by atoms with van der Waals surface area (Å²) in [6, 6.07) is 1.71. The van der Waals surface area contributed by atoms with Crippen molar-refractivity contribution < 1.29 is 4.74 Å². The summed E-state index contributed by atoms with van der Waals surface area (Å²) in [6.07, 6.45) is 7.53. The van der Waals surface area contributed by atoms with E-state index in [1.165, 1.54) is 38.5 Å². The number of rotatable bonds is 2. The van der Waals surface area contributed by atoms with Crippen LogP contribution in [0, 0.1) is 0 Å². The Hall–Kier alpha value is -0.120. The van der Waals surface area contributed by atoms with E-state index in [1.54, 1.807) is 0 Å². The molecule has 1 heterocycles. The monoisotopic (exact) mass is 212 g/mol. The van der Waals surface area contributed by atoms with Crippen LogP contribution in [0.15, 0.2) is 0 Å². The highest BCUT2D eigenvalue weighted by Crippen LogP contribution is 2.25. The van der Waals surface area contributed by atoms with Crippen LogP contribution < -0.4 is 5.73 Å². The molecule has 0 aromatic rings. The number of nitrogens with two attached hydrogens (primary N) is 1. The van der Waals surface area contributed by atoms with Crippen molar-refractivity contribution in [2.24, 2.45) is 5.73 Å². The van der Waals surface area contributed by atoms with E-state index in [4.69, 9.17) is 10.5 Å². The normalized spacial score (nSPS) is 34.6. The number of hydrogen-bond donors (Lipinski definition) is 1. The van der Waals surface area contributed by atoms with Gasteiger partial charge in [0.15, 0.2) is 0 Å². The smallest absolute Gasteiger partial charge is 0.0480 e. The molecule has 2 atom stereocenters. The van der Waals surface area contributed by atoms with E-state index < -0.39 is 0 Å².